The molecule has 0 atom stereocenters. The van der Waals surface area contributed by atoms with Crippen LogP contribution in [0, 0.1) is 0 Å². The second-order valence-corrected chi connectivity index (χ2v) is 4.42. The average Bonchev–Trinajstić information content (AvgIpc) is 2.20. The number of rotatable bonds is 4. The molecule has 0 radical (unpaired) electrons. The van der Waals surface area contributed by atoms with Crippen LogP contribution in [-0.4, -0.2) is 10.9 Å². The first kappa shape index (κ1) is 12.5. The van der Waals surface area contributed by atoms with Crippen molar-refractivity contribution in [1.82, 2.24) is 4.98 Å². The van der Waals surface area contributed by atoms with Crippen molar-refractivity contribution in [2.45, 2.75) is 26.2 Å². The summed E-state index contributed by atoms with van der Waals surface area (Å²) in [7, 11) is 0. The molecule has 0 bridgehead atoms. The van der Waals surface area contributed by atoms with Gasteiger partial charge in [0.1, 0.15) is 0 Å². The Kier molecular flexibility index (Phi) is 5.05. The van der Waals surface area contributed by atoms with Crippen molar-refractivity contribution >= 4 is 39.1 Å². The van der Waals surface area contributed by atoms with E-state index in [9.17, 15) is 4.79 Å². The van der Waals surface area contributed by atoms with E-state index in [1.54, 1.807) is 12.3 Å². The molecule has 15 heavy (non-hydrogen) atoms. The number of anilines is 1. The van der Waals surface area contributed by atoms with Crippen molar-refractivity contribution in [3.63, 3.8) is 0 Å². The van der Waals surface area contributed by atoms with Gasteiger partial charge in [-0.2, -0.15) is 0 Å². The second-order valence-electron chi connectivity index (χ2n) is 3.14. The van der Waals surface area contributed by atoms with Crippen LogP contribution in [0.4, 0.5) is 5.69 Å². The number of pyridine rings is 1. The fourth-order valence-corrected chi connectivity index (χ4v) is 1.54. The molecule has 0 saturated carbocycles. The molecule has 0 fully saturated rings. The summed E-state index contributed by atoms with van der Waals surface area (Å²) in [6.07, 6.45) is 3.98. The first-order chi connectivity index (χ1) is 7.13. The maximum absolute atomic E-state index is 11.4. The van der Waals surface area contributed by atoms with Crippen LogP contribution in [0.3, 0.4) is 0 Å². The van der Waals surface area contributed by atoms with Crippen LogP contribution in [0.2, 0.25) is 5.15 Å². The van der Waals surface area contributed by atoms with E-state index in [0.717, 1.165) is 17.3 Å². The minimum Gasteiger partial charge on any atom is -0.323 e. The summed E-state index contributed by atoms with van der Waals surface area (Å²) < 4.78 is 0.790. The van der Waals surface area contributed by atoms with Gasteiger partial charge >= 0.3 is 0 Å². The summed E-state index contributed by atoms with van der Waals surface area (Å²) in [5, 5.41) is 3.03. The number of aromatic nitrogens is 1. The molecule has 3 nitrogen and oxygen atoms in total. The van der Waals surface area contributed by atoms with Gasteiger partial charge in [-0.3, -0.25) is 4.79 Å². The lowest BCUT2D eigenvalue weighted by molar-refractivity contribution is -0.116. The minimum atomic E-state index is -0.0290. The molecule has 5 heteroatoms. The zero-order valence-electron chi connectivity index (χ0n) is 8.39. The lowest BCUT2D eigenvalue weighted by Crippen LogP contribution is -2.11. The highest BCUT2D eigenvalue weighted by atomic mass is 79.9. The molecule has 1 N–H and O–H groups in total. The third-order valence-electron chi connectivity index (χ3n) is 1.84. The third kappa shape index (κ3) is 4.18. The third-order valence-corrected chi connectivity index (χ3v) is 2.57. The SMILES string of the molecule is CCCCC(=O)Nc1cc(Br)cnc1Cl. The zero-order chi connectivity index (χ0) is 11.3. The summed E-state index contributed by atoms with van der Waals surface area (Å²) in [5.41, 5.74) is 0.548. The molecule has 0 aliphatic carbocycles. The number of hydrogen-bond acceptors (Lipinski definition) is 2. The van der Waals surface area contributed by atoms with Gasteiger partial charge in [0.05, 0.1) is 5.69 Å². The van der Waals surface area contributed by atoms with Crippen LogP contribution in [0.15, 0.2) is 16.7 Å². The Balaban J connectivity index is 2.63. The number of halogens is 2. The lowest BCUT2D eigenvalue weighted by atomic mass is 10.2. The van der Waals surface area contributed by atoms with Gasteiger partial charge in [-0.15, -0.1) is 0 Å². The van der Waals surface area contributed by atoms with E-state index < -0.39 is 0 Å². The van der Waals surface area contributed by atoms with Gasteiger partial charge < -0.3 is 5.32 Å². The van der Waals surface area contributed by atoms with Crippen molar-refractivity contribution in [3.8, 4) is 0 Å². The fourth-order valence-electron chi connectivity index (χ4n) is 1.06. The van der Waals surface area contributed by atoms with Crippen molar-refractivity contribution in [2.75, 3.05) is 5.32 Å². The summed E-state index contributed by atoms with van der Waals surface area (Å²) in [5.74, 6) is -0.0290. The van der Waals surface area contributed by atoms with E-state index in [-0.39, 0.29) is 5.91 Å². The van der Waals surface area contributed by atoms with Crippen molar-refractivity contribution in [3.05, 3.63) is 21.9 Å². The number of carbonyl (C=O) groups is 1. The van der Waals surface area contributed by atoms with Crippen molar-refractivity contribution < 1.29 is 4.79 Å². The number of unbranched alkanes of at least 4 members (excludes halogenated alkanes) is 1. The molecule has 0 aliphatic rings. The number of hydrogen-bond donors (Lipinski definition) is 1. The summed E-state index contributed by atoms with van der Waals surface area (Å²) in [6, 6.07) is 1.74. The number of nitrogens with one attached hydrogen (secondary N) is 1. The largest absolute Gasteiger partial charge is 0.323 e. The van der Waals surface area contributed by atoms with E-state index in [1.807, 2.05) is 6.92 Å². The standard InChI is InChI=1S/C10H12BrClN2O/c1-2-3-4-9(15)14-8-5-7(11)6-13-10(8)12/h5-6H,2-4H2,1H3,(H,14,15). The highest BCUT2D eigenvalue weighted by Crippen LogP contribution is 2.23. The van der Waals surface area contributed by atoms with Crippen molar-refractivity contribution in [2.24, 2.45) is 0 Å². The summed E-state index contributed by atoms with van der Waals surface area (Å²) >= 11 is 9.09. The molecular weight excluding hydrogens is 279 g/mol. The number of nitrogens with zero attached hydrogens (tertiary/aromatic N) is 1. The Morgan fingerprint density at radius 3 is 3.07 bits per heavy atom. The van der Waals surface area contributed by atoms with E-state index in [1.165, 1.54) is 0 Å². The van der Waals surface area contributed by atoms with Crippen LogP contribution in [0.5, 0.6) is 0 Å². The Bertz CT molecular complexity index is 357. The quantitative estimate of drug-likeness (QED) is 0.861. The average molecular weight is 292 g/mol. The Labute approximate surface area is 102 Å². The van der Waals surface area contributed by atoms with Crippen LogP contribution in [-0.2, 0) is 4.79 Å². The molecule has 0 unspecified atom stereocenters. The van der Waals surface area contributed by atoms with E-state index in [4.69, 9.17) is 11.6 Å². The number of amides is 1. The summed E-state index contributed by atoms with van der Waals surface area (Å²) in [6.45, 7) is 2.04. The zero-order valence-corrected chi connectivity index (χ0v) is 10.7. The van der Waals surface area contributed by atoms with Gasteiger partial charge in [-0.25, -0.2) is 4.98 Å². The Hall–Kier alpha value is -0.610. The van der Waals surface area contributed by atoms with Gasteiger partial charge in [0.25, 0.3) is 0 Å². The molecule has 0 spiro atoms. The van der Waals surface area contributed by atoms with Crippen molar-refractivity contribution in [1.29, 1.82) is 0 Å². The highest BCUT2D eigenvalue weighted by molar-refractivity contribution is 9.10. The minimum absolute atomic E-state index is 0.0290. The van der Waals surface area contributed by atoms with Gasteiger partial charge in [-0.1, -0.05) is 24.9 Å². The normalized spacial score (nSPS) is 10.1. The van der Waals surface area contributed by atoms with Crippen LogP contribution < -0.4 is 5.32 Å². The smallest absolute Gasteiger partial charge is 0.224 e. The second kappa shape index (κ2) is 6.08. The van der Waals surface area contributed by atoms with Crippen LogP contribution >= 0.6 is 27.5 Å². The molecule has 1 rings (SSSR count). The highest BCUT2D eigenvalue weighted by Gasteiger charge is 2.06. The molecule has 1 amide bonds. The predicted octanol–water partition coefficient (Wildman–Crippen LogP) is 3.63. The van der Waals surface area contributed by atoms with E-state index >= 15 is 0 Å². The van der Waals surface area contributed by atoms with E-state index in [2.05, 4.69) is 26.2 Å². The monoisotopic (exact) mass is 290 g/mol. The van der Waals surface area contributed by atoms with Gasteiger partial charge in [-0.05, 0) is 28.4 Å². The van der Waals surface area contributed by atoms with Gasteiger partial charge in [0.15, 0.2) is 5.15 Å². The molecule has 1 aromatic rings. The van der Waals surface area contributed by atoms with Gasteiger partial charge in [0.2, 0.25) is 5.91 Å². The molecule has 0 aromatic carbocycles. The Morgan fingerprint density at radius 2 is 2.40 bits per heavy atom. The molecule has 0 aliphatic heterocycles. The molecular formula is C10H12BrClN2O. The molecule has 82 valence electrons. The molecule has 1 heterocycles. The van der Waals surface area contributed by atoms with E-state index in [0.29, 0.717) is 17.3 Å². The lowest BCUT2D eigenvalue weighted by Gasteiger charge is -2.06. The maximum Gasteiger partial charge on any atom is 0.224 e. The molecule has 0 saturated heterocycles. The van der Waals surface area contributed by atoms with Crippen LogP contribution in [0.1, 0.15) is 26.2 Å². The van der Waals surface area contributed by atoms with Crippen LogP contribution in [0.25, 0.3) is 0 Å². The first-order valence-electron chi connectivity index (χ1n) is 4.74. The predicted molar refractivity (Wildman–Crippen MR) is 65.1 cm³/mol. The van der Waals surface area contributed by atoms with Gasteiger partial charge in [0, 0.05) is 17.1 Å². The summed E-state index contributed by atoms with van der Waals surface area (Å²) in [4.78, 5) is 15.3. The maximum atomic E-state index is 11.4. The Morgan fingerprint density at radius 1 is 1.67 bits per heavy atom. The topological polar surface area (TPSA) is 42.0 Å². The first-order valence-corrected chi connectivity index (χ1v) is 5.91. The number of carbonyl (C=O) groups excluding carboxylic acids is 1. The molecule has 1 aromatic heterocycles. The fraction of sp³-hybridized carbons (Fsp3) is 0.400.